The number of fused-ring (bicyclic) bond motifs is 1. The molecule has 0 saturated heterocycles. The number of hydrogen-bond donors (Lipinski definition) is 0. The molecule has 2 aromatic carbocycles. The van der Waals surface area contributed by atoms with Gasteiger partial charge in [0.25, 0.3) is 5.91 Å². The van der Waals surface area contributed by atoms with Gasteiger partial charge in [0, 0.05) is 6.54 Å². The Morgan fingerprint density at radius 2 is 2.00 bits per heavy atom. The molecule has 0 fully saturated rings. The molecule has 0 aliphatic carbocycles. The van der Waals surface area contributed by atoms with E-state index in [1.165, 1.54) is 18.4 Å². The Labute approximate surface area is 172 Å². The first-order valence-corrected chi connectivity index (χ1v) is 9.82. The molecule has 3 aromatic rings. The van der Waals surface area contributed by atoms with Gasteiger partial charge in [0.05, 0.1) is 36.4 Å². The maximum atomic E-state index is 12.6. The third kappa shape index (κ3) is 4.46. The fraction of sp³-hybridized carbons (Fsp3) is 0.227. The zero-order chi connectivity index (χ0) is 21.0. The van der Waals surface area contributed by atoms with E-state index in [1.54, 1.807) is 25.3 Å². The van der Waals surface area contributed by atoms with Crippen molar-refractivity contribution in [2.75, 3.05) is 14.2 Å². The second-order valence-electron chi connectivity index (χ2n) is 6.44. The molecule has 1 amide bonds. The zero-order valence-electron chi connectivity index (χ0n) is 16.6. The van der Waals surface area contributed by atoms with Gasteiger partial charge in [-0.15, -0.1) is 6.58 Å². The number of allylic oxidation sites excluding steroid dienone is 1. The monoisotopic (exact) mass is 410 g/mol. The molecular weight excluding hydrogens is 388 g/mol. The van der Waals surface area contributed by atoms with Crippen LogP contribution in [-0.4, -0.2) is 30.7 Å². The number of amides is 1. The minimum Gasteiger partial charge on any atom is -0.496 e. The number of ether oxygens (including phenoxy) is 2. The molecule has 0 radical (unpaired) electrons. The molecule has 0 unspecified atom stereocenters. The summed E-state index contributed by atoms with van der Waals surface area (Å²) in [4.78, 5) is 29.3. The summed E-state index contributed by atoms with van der Waals surface area (Å²) in [6, 6.07) is 10.9. The lowest BCUT2D eigenvalue weighted by Crippen LogP contribution is -2.17. The van der Waals surface area contributed by atoms with Crippen LogP contribution in [0.5, 0.6) is 5.75 Å². The highest BCUT2D eigenvalue weighted by atomic mass is 32.1. The van der Waals surface area contributed by atoms with Gasteiger partial charge in [0.2, 0.25) is 0 Å². The number of carbonyl (C=O) groups is 2. The van der Waals surface area contributed by atoms with Crippen molar-refractivity contribution in [3.63, 3.8) is 0 Å². The van der Waals surface area contributed by atoms with E-state index in [0.717, 1.165) is 27.1 Å². The summed E-state index contributed by atoms with van der Waals surface area (Å²) in [5, 5.41) is 0. The minimum atomic E-state index is -0.403. The van der Waals surface area contributed by atoms with Crippen molar-refractivity contribution in [2.45, 2.75) is 19.9 Å². The van der Waals surface area contributed by atoms with Gasteiger partial charge in [0.15, 0.2) is 4.80 Å². The van der Waals surface area contributed by atoms with Crippen LogP contribution in [0.4, 0.5) is 0 Å². The Kier molecular flexibility index (Phi) is 6.29. The molecule has 1 heterocycles. The number of rotatable bonds is 6. The second kappa shape index (κ2) is 8.87. The molecule has 3 rings (SSSR count). The third-order valence-corrected chi connectivity index (χ3v) is 5.49. The average Bonchev–Trinajstić information content (AvgIpc) is 3.04. The van der Waals surface area contributed by atoms with Crippen LogP contribution in [0.3, 0.4) is 0 Å². The number of hydrogen-bond acceptors (Lipinski definition) is 5. The highest BCUT2D eigenvalue weighted by Crippen LogP contribution is 2.21. The van der Waals surface area contributed by atoms with Gasteiger partial charge in [-0.05, 0) is 42.3 Å². The molecule has 6 nitrogen and oxygen atoms in total. The summed E-state index contributed by atoms with van der Waals surface area (Å²) in [6.45, 7) is 6.23. The predicted molar refractivity (Wildman–Crippen MR) is 113 cm³/mol. The van der Waals surface area contributed by atoms with Crippen molar-refractivity contribution in [2.24, 2.45) is 4.99 Å². The summed E-state index contributed by atoms with van der Waals surface area (Å²) in [5.41, 5.74) is 3.19. The first-order chi connectivity index (χ1) is 14.0. The van der Waals surface area contributed by atoms with Gasteiger partial charge in [-0.1, -0.05) is 29.5 Å². The van der Waals surface area contributed by atoms with Crippen molar-refractivity contribution in [3.05, 3.63) is 70.5 Å². The van der Waals surface area contributed by atoms with E-state index in [9.17, 15) is 9.59 Å². The van der Waals surface area contributed by atoms with Crippen molar-refractivity contribution in [1.82, 2.24) is 4.57 Å². The van der Waals surface area contributed by atoms with Crippen molar-refractivity contribution in [3.8, 4) is 5.75 Å². The summed E-state index contributed by atoms with van der Waals surface area (Å²) < 4.78 is 12.8. The Hall–Kier alpha value is -3.19. The molecule has 0 aliphatic rings. The van der Waals surface area contributed by atoms with E-state index < -0.39 is 5.97 Å². The van der Waals surface area contributed by atoms with Crippen LogP contribution in [0.25, 0.3) is 10.2 Å². The third-order valence-electron chi connectivity index (χ3n) is 4.45. The van der Waals surface area contributed by atoms with Crippen LogP contribution >= 0.6 is 11.3 Å². The molecule has 0 spiro atoms. The topological polar surface area (TPSA) is 69.9 Å². The first-order valence-electron chi connectivity index (χ1n) is 9.00. The van der Waals surface area contributed by atoms with Gasteiger partial charge < -0.3 is 14.0 Å². The Morgan fingerprint density at radius 1 is 1.21 bits per heavy atom. The van der Waals surface area contributed by atoms with Crippen LogP contribution < -0.4 is 9.54 Å². The van der Waals surface area contributed by atoms with E-state index in [4.69, 9.17) is 9.47 Å². The normalized spacial score (nSPS) is 11.5. The molecule has 29 heavy (non-hydrogen) atoms. The largest absolute Gasteiger partial charge is 0.496 e. The molecule has 0 atom stereocenters. The SMILES string of the molecule is C=CCn1c(=NC(=O)Cc2ccc(OC)c(C)c2)sc2cc(C(=O)OC)ccc21. The van der Waals surface area contributed by atoms with Crippen LogP contribution in [-0.2, 0) is 22.5 Å². The van der Waals surface area contributed by atoms with E-state index in [1.807, 2.05) is 35.8 Å². The maximum absolute atomic E-state index is 12.6. The number of carbonyl (C=O) groups excluding carboxylic acids is 2. The molecule has 0 N–H and O–H groups in total. The second-order valence-corrected chi connectivity index (χ2v) is 7.45. The van der Waals surface area contributed by atoms with Crippen LogP contribution in [0.1, 0.15) is 21.5 Å². The highest BCUT2D eigenvalue weighted by Gasteiger charge is 2.12. The summed E-state index contributed by atoms with van der Waals surface area (Å²) >= 11 is 1.35. The minimum absolute atomic E-state index is 0.195. The number of benzene rings is 2. The number of thiazole rings is 1. The van der Waals surface area contributed by atoms with E-state index in [-0.39, 0.29) is 12.3 Å². The summed E-state index contributed by atoms with van der Waals surface area (Å²) in [5.74, 6) is 0.139. The standard InChI is InChI=1S/C22H22N2O4S/c1-5-10-24-17-8-7-16(21(26)28-4)13-19(17)29-22(24)23-20(25)12-15-6-9-18(27-3)14(2)11-15/h5-9,11,13H,1,10,12H2,2-4H3. The number of esters is 1. The van der Waals surface area contributed by atoms with Crippen molar-refractivity contribution in [1.29, 1.82) is 0 Å². The summed E-state index contributed by atoms with van der Waals surface area (Å²) in [7, 11) is 2.97. The predicted octanol–water partition coefficient (Wildman–Crippen LogP) is 3.66. The molecule has 0 aliphatic heterocycles. The molecule has 0 bridgehead atoms. The fourth-order valence-electron chi connectivity index (χ4n) is 3.08. The van der Waals surface area contributed by atoms with E-state index in [2.05, 4.69) is 11.6 Å². The maximum Gasteiger partial charge on any atom is 0.337 e. The number of methoxy groups -OCH3 is 2. The van der Waals surface area contributed by atoms with Gasteiger partial charge in [0.1, 0.15) is 5.75 Å². The first kappa shape index (κ1) is 20.5. The number of aryl methyl sites for hydroxylation is 1. The lowest BCUT2D eigenvalue weighted by molar-refractivity contribution is -0.117. The molecule has 7 heteroatoms. The van der Waals surface area contributed by atoms with Gasteiger partial charge >= 0.3 is 5.97 Å². The number of nitrogens with zero attached hydrogens (tertiary/aromatic N) is 2. The van der Waals surface area contributed by atoms with Crippen LogP contribution in [0, 0.1) is 6.92 Å². The summed E-state index contributed by atoms with van der Waals surface area (Å²) in [6.07, 6.45) is 1.94. The van der Waals surface area contributed by atoms with Crippen LogP contribution in [0.15, 0.2) is 54.0 Å². The van der Waals surface area contributed by atoms with E-state index >= 15 is 0 Å². The highest BCUT2D eigenvalue weighted by molar-refractivity contribution is 7.16. The quantitative estimate of drug-likeness (QED) is 0.459. The lowest BCUT2D eigenvalue weighted by atomic mass is 10.1. The van der Waals surface area contributed by atoms with Gasteiger partial charge in [-0.3, -0.25) is 4.79 Å². The zero-order valence-corrected chi connectivity index (χ0v) is 17.4. The smallest absolute Gasteiger partial charge is 0.337 e. The molecule has 150 valence electrons. The van der Waals surface area contributed by atoms with E-state index in [0.29, 0.717) is 16.9 Å². The average molecular weight is 410 g/mol. The Morgan fingerprint density at radius 3 is 2.66 bits per heavy atom. The van der Waals surface area contributed by atoms with Gasteiger partial charge in [-0.25, -0.2) is 4.79 Å². The fourth-order valence-corrected chi connectivity index (χ4v) is 4.18. The Balaban J connectivity index is 1.98. The van der Waals surface area contributed by atoms with Gasteiger partial charge in [-0.2, -0.15) is 4.99 Å². The van der Waals surface area contributed by atoms with Crippen molar-refractivity contribution < 1.29 is 19.1 Å². The molecule has 0 saturated carbocycles. The lowest BCUT2D eigenvalue weighted by Gasteiger charge is -2.06. The number of aromatic nitrogens is 1. The van der Waals surface area contributed by atoms with Crippen molar-refractivity contribution >= 4 is 33.4 Å². The molecule has 1 aromatic heterocycles. The van der Waals surface area contributed by atoms with Crippen LogP contribution in [0.2, 0.25) is 0 Å². The molecular formula is C22H22N2O4S. The Bertz CT molecular complexity index is 1160.